The second kappa shape index (κ2) is 15.6. The molecule has 11 nitrogen and oxygen atoms in total. The lowest BCUT2D eigenvalue weighted by atomic mass is 10.0. The number of H-pyrrole nitrogens is 2. The fraction of sp³-hybridized carbons (Fsp3) is 0.195. The van der Waals surface area contributed by atoms with Gasteiger partial charge in [-0.2, -0.15) is 0 Å². The Morgan fingerprint density at radius 2 is 1.10 bits per heavy atom. The van der Waals surface area contributed by atoms with E-state index >= 15 is 0 Å². The molecule has 0 saturated heterocycles. The summed E-state index contributed by atoms with van der Waals surface area (Å²) >= 11 is 0. The van der Waals surface area contributed by atoms with Gasteiger partial charge in [-0.1, -0.05) is 109 Å². The van der Waals surface area contributed by atoms with Crippen LogP contribution in [0.15, 0.2) is 122 Å². The minimum atomic E-state index is -1.28. The molecule has 0 saturated carbocycles. The molecule has 2 aromatic heterocycles. The molecule has 0 spiro atoms. The number of carboxylic acid groups (broad SMARTS) is 1. The van der Waals surface area contributed by atoms with Crippen molar-refractivity contribution in [3.05, 3.63) is 144 Å². The molecule has 4 aromatic carbocycles. The number of nitrogens with zero attached hydrogens (tertiary/aromatic N) is 4. The summed E-state index contributed by atoms with van der Waals surface area (Å²) in [5, 5.41) is 11.7. The molecule has 0 bridgehead atoms. The van der Waals surface area contributed by atoms with E-state index in [0.29, 0.717) is 17.8 Å². The van der Waals surface area contributed by atoms with E-state index < -0.39 is 24.1 Å². The van der Waals surface area contributed by atoms with Crippen LogP contribution in [0.25, 0.3) is 33.6 Å². The van der Waals surface area contributed by atoms with Gasteiger partial charge in [0.25, 0.3) is 0 Å². The molecule has 0 aliphatic heterocycles. The molecule has 3 amide bonds. The lowest BCUT2D eigenvalue weighted by Crippen LogP contribution is -2.42. The predicted octanol–water partition coefficient (Wildman–Crippen LogP) is 7.42. The summed E-state index contributed by atoms with van der Waals surface area (Å²) in [4.78, 5) is 56.8. The third-order valence-corrected chi connectivity index (χ3v) is 9.46. The summed E-state index contributed by atoms with van der Waals surface area (Å²) < 4.78 is 0. The van der Waals surface area contributed by atoms with Crippen molar-refractivity contribution in [2.24, 2.45) is 0 Å². The zero-order chi connectivity index (χ0) is 36.8. The molecule has 0 aliphatic carbocycles. The Labute approximate surface area is 302 Å². The van der Waals surface area contributed by atoms with Crippen molar-refractivity contribution in [2.75, 3.05) is 14.1 Å². The Hall–Kier alpha value is -6.49. The molecule has 6 aromatic rings. The van der Waals surface area contributed by atoms with E-state index in [1.165, 1.54) is 4.90 Å². The van der Waals surface area contributed by atoms with Gasteiger partial charge < -0.3 is 30.2 Å². The van der Waals surface area contributed by atoms with Gasteiger partial charge in [-0.05, 0) is 47.2 Å². The summed E-state index contributed by atoms with van der Waals surface area (Å²) in [6.07, 6.45) is 2.59. The van der Waals surface area contributed by atoms with E-state index in [0.717, 1.165) is 45.0 Å². The standard InChI is InChI=1S/C41H41N7O4/c1-26(47(3)36(49)23-28-11-7-5-8-12-28)38-42-24-34(44-38)31-19-15-29(16-20-31)30-17-21-32(22-18-30)35-25-43-39(45-35)27(2)48(4)40(50)37(46-41(51)52)33-13-9-6-10-14-33/h5-22,24-27,37,46H,23H2,1-4H3,(H,42,44)(H,43,45)(H,51,52)/t26-,27-,37+/m0/s1. The molecule has 0 radical (unpaired) electrons. The van der Waals surface area contributed by atoms with Gasteiger partial charge in [0.15, 0.2) is 0 Å². The quantitative estimate of drug-likeness (QED) is 0.105. The summed E-state index contributed by atoms with van der Waals surface area (Å²) in [6, 6.07) is 33.1. The minimum Gasteiger partial charge on any atom is -0.465 e. The molecular formula is C41H41N7O4. The van der Waals surface area contributed by atoms with Crippen LogP contribution in [-0.2, 0) is 16.0 Å². The maximum absolute atomic E-state index is 13.4. The molecular weight excluding hydrogens is 654 g/mol. The van der Waals surface area contributed by atoms with E-state index in [4.69, 9.17) is 0 Å². The first-order chi connectivity index (χ1) is 25.1. The van der Waals surface area contributed by atoms with Crippen LogP contribution in [0.1, 0.15) is 54.7 Å². The molecule has 6 rings (SSSR count). The maximum atomic E-state index is 13.4. The van der Waals surface area contributed by atoms with Gasteiger partial charge in [-0.3, -0.25) is 9.59 Å². The zero-order valence-electron chi connectivity index (χ0n) is 29.4. The summed E-state index contributed by atoms with van der Waals surface area (Å²) in [7, 11) is 3.44. The fourth-order valence-corrected chi connectivity index (χ4v) is 6.00. The Bertz CT molecular complexity index is 2130. The summed E-state index contributed by atoms with van der Waals surface area (Å²) in [5.74, 6) is 0.934. The summed E-state index contributed by atoms with van der Waals surface area (Å²) in [5.41, 5.74) is 7.22. The van der Waals surface area contributed by atoms with Crippen LogP contribution >= 0.6 is 0 Å². The smallest absolute Gasteiger partial charge is 0.405 e. The number of aromatic amines is 2. The minimum absolute atomic E-state index is 0.0265. The van der Waals surface area contributed by atoms with Crippen LogP contribution in [0.5, 0.6) is 0 Å². The lowest BCUT2D eigenvalue weighted by molar-refractivity contribution is -0.134. The van der Waals surface area contributed by atoms with E-state index in [1.807, 2.05) is 86.6 Å². The van der Waals surface area contributed by atoms with Crippen LogP contribution in [-0.4, -0.2) is 66.8 Å². The first-order valence-corrected chi connectivity index (χ1v) is 17.0. The number of carbonyl (C=O) groups excluding carboxylic acids is 2. The average molecular weight is 696 g/mol. The number of nitrogens with one attached hydrogen (secondary N) is 3. The average Bonchev–Trinajstić information content (AvgIpc) is 3.88. The van der Waals surface area contributed by atoms with Crippen molar-refractivity contribution in [1.29, 1.82) is 0 Å². The van der Waals surface area contributed by atoms with E-state index in [1.54, 1.807) is 55.7 Å². The molecule has 264 valence electrons. The van der Waals surface area contributed by atoms with Crippen molar-refractivity contribution in [3.63, 3.8) is 0 Å². The van der Waals surface area contributed by atoms with Gasteiger partial charge in [0.05, 0.1) is 42.3 Å². The first-order valence-electron chi connectivity index (χ1n) is 17.0. The highest BCUT2D eigenvalue weighted by Gasteiger charge is 2.29. The van der Waals surface area contributed by atoms with Crippen LogP contribution in [0.3, 0.4) is 0 Å². The van der Waals surface area contributed by atoms with Crippen LogP contribution < -0.4 is 5.32 Å². The predicted molar refractivity (Wildman–Crippen MR) is 200 cm³/mol. The Morgan fingerprint density at radius 1 is 0.654 bits per heavy atom. The van der Waals surface area contributed by atoms with Crippen molar-refractivity contribution in [3.8, 4) is 33.6 Å². The van der Waals surface area contributed by atoms with Gasteiger partial charge in [-0.15, -0.1) is 0 Å². The number of hydrogen-bond donors (Lipinski definition) is 4. The number of rotatable bonds is 12. The Balaban J connectivity index is 1.09. The number of benzene rings is 4. The normalized spacial score (nSPS) is 12.8. The van der Waals surface area contributed by atoms with Crippen molar-refractivity contribution < 1.29 is 19.5 Å². The number of imidazole rings is 2. The number of aromatic nitrogens is 4. The molecule has 0 fully saturated rings. The highest BCUT2D eigenvalue weighted by Crippen LogP contribution is 2.29. The van der Waals surface area contributed by atoms with Gasteiger partial charge in [0.1, 0.15) is 17.7 Å². The number of carbonyl (C=O) groups is 3. The second-order valence-corrected chi connectivity index (χ2v) is 12.8. The topological polar surface area (TPSA) is 147 Å². The molecule has 2 heterocycles. The van der Waals surface area contributed by atoms with Gasteiger partial charge in [-0.25, -0.2) is 14.8 Å². The first kappa shape index (κ1) is 35.3. The second-order valence-electron chi connectivity index (χ2n) is 12.8. The highest BCUT2D eigenvalue weighted by molar-refractivity contribution is 5.86. The third-order valence-electron chi connectivity index (χ3n) is 9.46. The third kappa shape index (κ3) is 7.94. The molecule has 3 atom stereocenters. The van der Waals surface area contributed by atoms with Gasteiger partial charge >= 0.3 is 6.09 Å². The van der Waals surface area contributed by atoms with Crippen LogP contribution in [0.4, 0.5) is 4.79 Å². The molecule has 4 N–H and O–H groups in total. The van der Waals surface area contributed by atoms with E-state index in [2.05, 4.69) is 37.4 Å². The number of likely N-dealkylation sites (N-methyl/N-ethyl adjacent to an activating group) is 2. The number of hydrogen-bond acceptors (Lipinski definition) is 5. The van der Waals surface area contributed by atoms with E-state index in [-0.39, 0.29) is 11.9 Å². The maximum Gasteiger partial charge on any atom is 0.405 e. The van der Waals surface area contributed by atoms with Crippen LogP contribution in [0.2, 0.25) is 0 Å². The monoisotopic (exact) mass is 695 g/mol. The molecule has 0 unspecified atom stereocenters. The van der Waals surface area contributed by atoms with Crippen molar-refractivity contribution in [2.45, 2.75) is 38.4 Å². The van der Waals surface area contributed by atoms with Crippen molar-refractivity contribution >= 4 is 17.9 Å². The molecule has 52 heavy (non-hydrogen) atoms. The van der Waals surface area contributed by atoms with Gasteiger partial charge in [0, 0.05) is 14.1 Å². The number of amides is 3. The Morgan fingerprint density at radius 3 is 1.58 bits per heavy atom. The van der Waals surface area contributed by atoms with E-state index in [9.17, 15) is 19.5 Å². The molecule has 11 heteroatoms. The van der Waals surface area contributed by atoms with Crippen LogP contribution in [0, 0.1) is 0 Å². The zero-order valence-corrected chi connectivity index (χ0v) is 29.4. The fourth-order valence-electron chi connectivity index (χ4n) is 6.00. The Kier molecular flexibility index (Phi) is 10.6. The summed E-state index contributed by atoms with van der Waals surface area (Å²) in [6.45, 7) is 3.81. The lowest BCUT2D eigenvalue weighted by Gasteiger charge is -2.28. The molecule has 0 aliphatic rings. The van der Waals surface area contributed by atoms with Gasteiger partial charge in [0.2, 0.25) is 11.8 Å². The van der Waals surface area contributed by atoms with Crippen molar-refractivity contribution in [1.82, 2.24) is 35.1 Å². The largest absolute Gasteiger partial charge is 0.465 e. The highest BCUT2D eigenvalue weighted by atomic mass is 16.4. The SMILES string of the molecule is C[C@@H](c1ncc(-c2ccc(-c3ccc(-c4cnc([C@H](C)N(C)C(=O)[C@H](NC(=O)O)c5ccccc5)[nH]4)cc3)cc2)[nH]1)N(C)C(=O)Cc1ccccc1.